The molecule has 45 heavy (non-hydrogen) atoms. The summed E-state index contributed by atoms with van der Waals surface area (Å²) in [7, 11) is 0. The molecule has 1 aromatic heterocycles. The summed E-state index contributed by atoms with van der Waals surface area (Å²) in [6, 6.07) is 9.98. The van der Waals surface area contributed by atoms with Crippen molar-refractivity contribution in [3.05, 3.63) is 75.2 Å². The first-order valence-electron chi connectivity index (χ1n) is 14.5. The second-order valence-corrected chi connectivity index (χ2v) is 14.4. The van der Waals surface area contributed by atoms with Gasteiger partial charge in [0.15, 0.2) is 0 Å². The number of ether oxygens (including phenoxy) is 1. The molecule has 0 spiro atoms. The molecule has 238 valence electrons. The van der Waals surface area contributed by atoms with Gasteiger partial charge in [0.2, 0.25) is 5.91 Å². The molecule has 10 nitrogen and oxygen atoms in total. The van der Waals surface area contributed by atoms with Gasteiger partial charge in [-0.05, 0) is 86.4 Å². The minimum absolute atomic E-state index is 0.123. The molecule has 2 unspecified atom stereocenters. The van der Waals surface area contributed by atoms with Gasteiger partial charge < -0.3 is 25.6 Å². The molecule has 2 aromatic carbocycles. The standard InChI is InChI=1S/C33H36N2O8S2/c1-6-43-32(42)26-23-13-11-19(33(3,4)5)15-25(23)45-29(26)35-27(36)17(2)44-21-9-7-8-20(16-21)34-28(37)22-12-10-18(30(38)39)14-24(22)31(40)41/h7-10,12,14,16-17,19H,6,11,13,15H2,1-5H3,(H,34,37)(H,35,36)(H,38,39)(H,40,41). The number of nitrogens with one attached hydrogen (secondary N) is 2. The van der Waals surface area contributed by atoms with Crippen molar-refractivity contribution in [1.82, 2.24) is 0 Å². The first-order valence-corrected chi connectivity index (χ1v) is 16.2. The van der Waals surface area contributed by atoms with Crippen molar-refractivity contribution in [1.29, 1.82) is 0 Å². The average molecular weight is 653 g/mol. The second kappa shape index (κ2) is 13.9. The number of carboxylic acid groups (broad SMARTS) is 2. The number of carboxylic acids is 2. The summed E-state index contributed by atoms with van der Waals surface area (Å²) in [5.41, 5.74) is 1.01. The van der Waals surface area contributed by atoms with Gasteiger partial charge in [-0.2, -0.15) is 0 Å². The number of benzene rings is 2. The van der Waals surface area contributed by atoms with Gasteiger partial charge in [-0.3, -0.25) is 9.59 Å². The van der Waals surface area contributed by atoms with E-state index in [0.717, 1.165) is 47.9 Å². The molecule has 0 radical (unpaired) electrons. The van der Waals surface area contributed by atoms with E-state index in [0.29, 0.717) is 27.1 Å². The van der Waals surface area contributed by atoms with Gasteiger partial charge in [0.05, 0.1) is 34.1 Å². The van der Waals surface area contributed by atoms with Crippen molar-refractivity contribution in [2.45, 2.75) is 64.0 Å². The number of amides is 2. The molecule has 3 aromatic rings. The quantitative estimate of drug-likeness (QED) is 0.136. The SMILES string of the molecule is CCOC(=O)c1c(NC(=O)C(C)Sc2cccc(NC(=O)c3ccc(C(=O)O)cc3C(=O)O)c2)sc2c1CCC(C(C)(C)C)C2. The number of rotatable bonds is 10. The lowest BCUT2D eigenvalue weighted by atomic mass is 9.72. The topological polar surface area (TPSA) is 159 Å². The van der Waals surface area contributed by atoms with E-state index in [1.54, 1.807) is 38.1 Å². The molecular formula is C33H36N2O8S2. The van der Waals surface area contributed by atoms with Crippen molar-refractivity contribution in [2.24, 2.45) is 11.3 Å². The summed E-state index contributed by atoms with van der Waals surface area (Å²) in [4.78, 5) is 64.0. The lowest BCUT2D eigenvalue weighted by Crippen LogP contribution is -2.27. The first kappa shape index (κ1) is 33.7. The highest BCUT2D eigenvalue weighted by Crippen LogP contribution is 2.44. The van der Waals surface area contributed by atoms with E-state index in [2.05, 4.69) is 31.4 Å². The molecule has 0 aliphatic heterocycles. The molecule has 1 aliphatic carbocycles. The van der Waals surface area contributed by atoms with Gasteiger partial charge in [0.1, 0.15) is 5.00 Å². The van der Waals surface area contributed by atoms with Crippen molar-refractivity contribution in [3.63, 3.8) is 0 Å². The van der Waals surface area contributed by atoms with Crippen LogP contribution in [0.3, 0.4) is 0 Å². The Morgan fingerprint density at radius 2 is 1.76 bits per heavy atom. The third-order valence-corrected chi connectivity index (χ3v) is 9.99. The van der Waals surface area contributed by atoms with Crippen molar-refractivity contribution in [3.8, 4) is 0 Å². The van der Waals surface area contributed by atoms with Crippen LogP contribution in [-0.2, 0) is 22.4 Å². The van der Waals surface area contributed by atoms with Gasteiger partial charge >= 0.3 is 17.9 Å². The third-order valence-electron chi connectivity index (χ3n) is 7.72. The normalized spacial score (nSPS) is 15.0. The fourth-order valence-corrected chi connectivity index (χ4v) is 7.45. The van der Waals surface area contributed by atoms with E-state index >= 15 is 0 Å². The number of carbonyl (C=O) groups is 5. The van der Waals surface area contributed by atoms with Crippen LogP contribution in [0.25, 0.3) is 0 Å². The van der Waals surface area contributed by atoms with Crippen LogP contribution in [0.4, 0.5) is 10.7 Å². The second-order valence-electron chi connectivity index (χ2n) is 11.8. The van der Waals surface area contributed by atoms with Gasteiger partial charge in [0, 0.05) is 15.5 Å². The summed E-state index contributed by atoms with van der Waals surface area (Å²) < 4.78 is 5.36. The molecule has 1 aliphatic rings. The summed E-state index contributed by atoms with van der Waals surface area (Å²) >= 11 is 2.69. The highest BCUT2D eigenvalue weighted by atomic mass is 32.2. The zero-order chi connectivity index (χ0) is 33.1. The number of hydrogen-bond acceptors (Lipinski definition) is 8. The Bertz CT molecular complexity index is 1660. The number of fused-ring (bicyclic) bond motifs is 1. The van der Waals surface area contributed by atoms with Gasteiger partial charge in [0.25, 0.3) is 5.91 Å². The molecule has 0 fully saturated rings. The maximum Gasteiger partial charge on any atom is 0.341 e. The monoisotopic (exact) mass is 652 g/mol. The Kier molecular flexibility index (Phi) is 10.4. The number of carbonyl (C=O) groups excluding carboxylic acids is 3. The third kappa shape index (κ3) is 7.93. The Balaban J connectivity index is 1.49. The number of aromatic carboxylic acids is 2. The van der Waals surface area contributed by atoms with Crippen molar-refractivity contribution in [2.75, 3.05) is 17.2 Å². The summed E-state index contributed by atoms with van der Waals surface area (Å²) in [6.07, 6.45) is 2.54. The Hall–Kier alpha value is -4.16. The molecular weight excluding hydrogens is 617 g/mol. The van der Waals surface area contributed by atoms with Gasteiger partial charge in [-0.1, -0.05) is 26.8 Å². The van der Waals surface area contributed by atoms with Crippen LogP contribution in [0.5, 0.6) is 0 Å². The van der Waals surface area contributed by atoms with Crippen LogP contribution < -0.4 is 10.6 Å². The number of thioether (sulfide) groups is 1. The number of esters is 1. The Labute approximate surface area is 269 Å². The maximum absolute atomic E-state index is 13.4. The molecule has 0 saturated heterocycles. The van der Waals surface area contributed by atoms with E-state index < -0.39 is 34.6 Å². The summed E-state index contributed by atoms with van der Waals surface area (Å²) in [5.74, 6) is -3.73. The summed E-state index contributed by atoms with van der Waals surface area (Å²) in [5, 5.41) is 24.2. The Morgan fingerprint density at radius 1 is 1.02 bits per heavy atom. The predicted molar refractivity (Wildman–Crippen MR) is 174 cm³/mol. The maximum atomic E-state index is 13.4. The van der Waals surface area contributed by atoms with Crippen LogP contribution in [0.2, 0.25) is 0 Å². The molecule has 4 N–H and O–H groups in total. The Morgan fingerprint density at radius 3 is 2.40 bits per heavy atom. The minimum Gasteiger partial charge on any atom is -0.478 e. The van der Waals surface area contributed by atoms with Crippen LogP contribution >= 0.6 is 23.1 Å². The fourth-order valence-electron chi connectivity index (χ4n) is 5.20. The largest absolute Gasteiger partial charge is 0.478 e. The fraction of sp³-hybridized carbons (Fsp3) is 0.364. The highest BCUT2D eigenvalue weighted by molar-refractivity contribution is 8.00. The smallest absolute Gasteiger partial charge is 0.341 e. The zero-order valence-corrected chi connectivity index (χ0v) is 27.3. The van der Waals surface area contributed by atoms with Crippen LogP contribution in [0.15, 0.2) is 47.4 Å². The molecule has 1 heterocycles. The number of hydrogen-bond donors (Lipinski definition) is 4. The average Bonchev–Trinajstić information content (AvgIpc) is 3.33. The van der Waals surface area contributed by atoms with E-state index in [-0.39, 0.29) is 29.1 Å². The number of thiophene rings is 1. The molecule has 4 rings (SSSR count). The van der Waals surface area contributed by atoms with Crippen LogP contribution in [0.1, 0.15) is 92.9 Å². The van der Waals surface area contributed by atoms with Crippen LogP contribution in [0, 0.1) is 11.3 Å². The van der Waals surface area contributed by atoms with Crippen molar-refractivity contribution < 1.29 is 38.9 Å². The van der Waals surface area contributed by atoms with Crippen LogP contribution in [-0.4, -0.2) is 51.8 Å². The van der Waals surface area contributed by atoms with E-state index in [1.165, 1.54) is 23.1 Å². The number of anilines is 2. The minimum atomic E-state index is -1.43. The lowest BCUT2D eigenvalue weighted by molar-refractivity contribution is -0.115. The zero-order valence-electron chi connectivity index (χ0n) is 25.7. The molecule has 2 amide bonds. The first-order chi connectivity index (χ1) is 21.2. The molecule has 2 atom stereocenters. The lowest BCUT2D eigenvalue weighted by Gasteiger charge is -2.33. The molecule has 0 bridgehead atoms. The molecule has 12 heteroatoms. The van der Waals surface area contributed by atoms with E-state index in [1.807, 2.05) is 0 Å². The predicted octanol–water partition coefficient (Wildman–Crippen LogP) is 6.84. The molecule has 0 saturated carbocycles. The summed E-state index contributed by atoms with van der Waals surface area (Å²) in [6.45, 7) is 10.4. The van der Waals surface area contributed by atoms with Crippen molar-refractivity contribution >= 4 is 63.5 Å². The van der Waals surface area contributed by atoms with Gasteiger partial charge in [-0.15, -0.1) is 23.1 Å². The van der Waals surface area contributed by atoms with E-state index in [9.17, 15) is 29.1 Å². The van der Waals surface area contributed by atoms with E-state index in [4.69, 9.17) is 9.84 Å². The van der Waals surface area contributed by atoms with Gasteiger partial charge in [-0.25, -0.2) is 14.4 Å². The highest BCUT2D eigenvalue weighted by Gasteiger charge is 2.35.